The summed E-state index contributed by atoms with van der Waals surface area (Å²) in [6.45, 7) is 1.27. The van der Waals surface area contributed by atoms with Crippen molar-refractivity contribution in [3.63, 3.8) is 0 Å². The highest BCUT2D eigenvalue weighted by molar-refractivity contribution is 7.91. The van der Waals surface area contributed by atoms with Gasteiger partial charge < -0.3 is 52.0 Å². The first kappa shape index (κ1) is 62.6. The Kier molecular flexibility index (Phi) is 21.6. The molecule has 2 heterocycles. The SMILES string of the molecule is CC(C)(C)[C@H](c1cc(-c2cc(F)ccc2F)cn1Cc1ccccc1)N(CC[C@H](N)C(=O)NCCS(=O)(=O)CCN(C(=O)[C@@H](CC(N)=O)NC(=O)CN1C(=O)C=CC1=O)[C@H](CCC(N)=O)C(=O)OC(=O)C(F)(F)F)C(=O)CO. The molecule has 0 saturated heterocycles. The molecular formula is C49H58F5N9O14S. The highest BCUT2D eigenvalue weighted by Crippen LogP contribution is 2.41. The van der Waals surface area contributed by atoms with Crippen LogP contribution in [0.25, 0.3) is 11.1 Å². The third kappa shape index (κ3) is 17.8. The molecule has 0 bridgehead atoms. The smallest absolute Gasteiger partial charge is 0.387 e. The van der Waals surface area contributed by atoms with Gasteiger partial charge in [-0.2, -0.15) is 13.2 Å². The van der Waals surface area contributed by atoms with E-state index >= 15 is 4.39 Å². The number of amides is 8. The summed E-state index contributed by atoms with van der Waals surface area (Å²) in [4.78, 5) is 129. The molecule has 4 atom stereocenters. The normalized spacial score (nSPS) is 14.3. The van der Waals surface area contributed by atoms with Gasteiger partial charge in [-0.05, 0) is 48.1 Å². The summed E-state index contributed by atoms with van der Waals surface area (Å²) >= 11 is 0. The topological polar surface area (TPSA) is 351 Å². The summed E-state index contributed by atoms with van der Waals surface area (Å²) in [5, 5.41) is 14.5. The molecule has 4 rings (SSSR count). The average Bonchev–Trinajstić information content (AvgIpc) is 3.92. The predicted octanol–water partition coefficient (Wildman–Crippen LogP) is 0.0181. The van der Waals surface area contributed by atoms with Crippen LogP contribution in [-0.2, 0) is 69.1 Å². The van der Waals surface area contributed by atoms with Gasteiger partial charge in [-0.3, -0.25) is 43.3 Å². The van der Waals surface area contributed by atoms with Crippen LogP contribution in [0.2, 0.25) is 0 Å². The summed E-state index contributed by atoms with van der Waals surface area (Å²) in [6.07, 6.45) is -5.99. The van der Waals surface area contributed by atoms with Crippen LogP contribution in [0.1, 0.15) is 63.8 Å². The minimum absolute atomic E-state index is 0.0735. The number of nitrogens with one attached hydrogen (secondary N) is 2. The maximum atomic E-state index is 15.2. The number of carbonyl (C=O) groups is 10. The molecule has 1 aromatic heterocycles. The van der Waals surface area contributed by atoms with Gasteiger partial charge in [-0.25, -0.2) is 26.8 Å². The third-order valence-electron chi connectivity index (χ3n) is 11.9. The number of nitrogens with zero attached hydrogens (tertiary/aromatic N) is 4. The number of alkyl halides is 3. The number of hydrogen-bond acceptors (Lipinski definition) is 15. The van der Waals surface area contributed by atoms with E-state index in [0.29, 0.717) is 10.6 Å². The van der Waals surface area contributed by atoms with Crippen LogP contribution in [0.5, 0.6) is 0 Å². The molecule has 29 heteroatoms. The predicted molar refractivity (Wildman–Crippen MR) is 263 cm³/mol. The van der Waals surface area contributed by atoms with E-state index in [4.69, 9.17) is 17.2 Å². The van der Waals surface area contributed by atoms with Gasteiger partial charge in [-0.1, -0.05) is 51.1 Å². The van der Waals surface area contributed by atoms with Crippen molar-refractivity contribution in [3.05, 3.63) is 95.8 Å². The van der Waals surface area contributed by atoms with E-state index in [1.54, 1.807) is 55.8 Å². The summed E-state index contributed by atoms with van der Waals surface area (Å²) in [6, 6.07) is 6.51. The van der Waals surface area contributed by atoms with Gasteiger partial charge in [0.05, 0.1) is 30.0 Å². The number of hydrogen-bond donors (Lipinski definition) is 6. The molecule has 2 aromatic carbocycles. The fourth-order valence-electron chi connectivity index (χ4n) is 8.20. The van der Waals surface area contributed by atoms with Crippen molar-refractivity contribution in [1.82, 2.24) is 29.9 Å². The highest BCUT2D eigenvalue weighted by Gasteiger charge is 2.46. The maximum absolute atomic E-state index is 15.2. The molecule has 0 saturated carbocycles. The van der Waals surface area contributed by atoms with Crippen molar-refractivity contribution >= 4 is 69.0 Å². The number of aliphatic hydroxyl groups excluding tert-OH is 1. The fourth-order valence-corrected chi connectivity index (χ4v) is 9.29. The number of esters is 2. The number of aliphatic hydroxyl groups is 1. The summed E-state index contributed by atoms with van der Waals surface area (Å²) in [5.41, 5.74) is 17.3. The lowest BCUT2D eigenvalue weighted by Crippen LogP contribution is -2.57. The Morgan fingerprint density at radius 1 is 0.846 bits per heavy atom. The Bertz CT molecular complexity index is 2890. The average molecular weight is 1120 g/mol. The second-order valence-electron chi connectivity index (χ2n) is 18.9. The van der Waals surface area contributed by atoms with Crippen LogP contribution < -0.4 is 27.8 Å². The lowest BCUT2D eigenvalue weighted by molar-refractivity contribution is -0.203. The van der Waals surface area contributed by atoms with Gasteiger partial charge in [0.25, 0.3) is 11.8 Å². The third-order valence-corrected chi connectivity index (χ3v) is 13.5. The molecule has 0 fully saturated rings. The van der Waals surface area contributed by atoms with Crippen LogP contribution in [0.15, 0.2) is 72.9 Å². The Morgan fingerprint density at radius 2 is 1.49 bits per heavy atom. The van der Waals surface area contributed by atoms with Gasteiger partial charge in [0.2, 0.25) is 35.4 Å². The van der Waals surface area contributed by atoms with Gasteiger partial charge in [0.1, 0.15) is 36.9 Å². The summed E-state index contributed by atoms with van der Waals surface area (Å²) < 4.78 is 102. The lowest BCUT2D eigenvalue weighted by atomic mass is 9.82. The van der Waals surface area contributed by atoms with Gasteiger partial charge in [0.15, 0.2) is 9.84 Å². The largest absolute Gasteiger partial charge is 0.491 e. The van der Waals surface area contributed by atoms with Gasteiger partial charge in [-0.15, -0.1) is 0 Å². The number of sulfone groups is 1. The molecule has 78 heavy (non-hydrogen) atoms. The van der Waals surface area contributed by atoms with Crippen LogP contribution in [-0.4, -0.2) is 161 Å². The Hall–Kier alpha value is -7.92. The highest BCUT2D eigenvalue weighted by atomic mass is 32.2. The van der Waals surface area contributed by atoms with E-state index in [9.17, 15) is 79.0 Å². The molecule has 1 aliphatic heterocycles. The van der Waals surface area contributed by atoms with Crippen molar-refractivity contribution in [2.45, 2.75) is 83.3 Å². The Balaban J connectivity index is 1.56. The second-order valence-corrected chi connectivity index (χ2v) is 21.2. The molecule has 0 radical (unpaired) electrons. The van der Waals surface area contributed by atoms with E-state index in [0.717, 1.165) is 35.9 Å². The Labute approximate surface area is 443 Å². The lowest BCUT2D eigenvalue weighted by Gasteiger charge is -2.41. The minimum atomic E-state index is -5.79. The molecular weight excluding hydrogens is 1070 g/mol. The van der Waals surface area contributed by atoms with E-state index in [-0.39, 0.29) is 35.5 Å². The van der Waals surface area contributed by atoms with Crippen LogP contribution >= 0.6 is 0 Å². The minimum Gasteiger partial charge on any atom is -0.387 e. The molecule has 424 valence electrons. The summed E-state index contributed by atoms with van der Waals surface area (Å²) in [5.74, 6) is -18.0. The van der Waals surface area contributed by atoms with E-state index in [1.165, 1.54) is 4.90 Å². The number of aromatic nitrogens is 1. The van der Waals surface area contributed by atoms with E-state index in [1.807, 2.05) is 17.4 Å². The van der Waals surface area contributed by atoms with Crippen molar-refractivity contribution < 1.29 is 88.2 Å². The zero-order valence-corrected chi connectivity index (χ0v) is 43.1. The molecule has 9 N–H and O–H groups in total. The first-order chi connectivity index (χ1) is 36.3. The zero-order valence-electron chi connectivity index (χ0n) is 42.3. The van der Waals surface area contributed by atoms with Gasteiger partial charge in [0, 0.05) is 67.8 Å². The van der Waals surface area contributed by atoms with Crippen molar-refractivity contribution in [3.8, 4) is 11.1 Å². The number of rotatable bonds is 27. The van der Waals surface area contributed by atoms with Gasteiger partial charge >= 0.3 is 18.1 Å². The first-order valence-electron chi connectivity index (χ1n) is 23.7. The first-order valence-corrected chi connectivity index (χ1v) is 25.5. The van der Waals surface area contributed by atoms with Crippen molar-refractivity contribution in [2.75, 3.05) is 44.3 Å². The number of nitrogens with two attached hydrogens (primary N) is 3. The second kappa shape index (κ2) is 26.9. The van der Waals surface area contributed by atoms with Crippen LogP contribution in [0, 0.1) is 17.0 Å². The maximum Gasteiger partial charge on any atom is 0.491 e. The van der Waals surface area contributed by atoms with Crippen LogP contribution in [0.3, 0.4) is 0 Å². The molecule has 23 nitrogen and oxygen atoms in total. The Morgan fingerprint density at radius 3 is 2.06 bits per heavy atom. The summed E-state index contributed by atoms with van der Waals surface area (Å²) in [7, 11) is -4.55. The number of benzene rings is 2. The number of carbonyl (C=O) groups excluding carboxylic acids is 10. The van der Waals surface area contributed by atoms with E-state index in [2.05, 4.69) is 10.1 Å². The van der Waals surface area contributed by atoms with Crippen LogP contribution in [0.4, 0.5) is 22.0 Å². The molecule has 0 unspecified atom stereocenters. The molecule has 0 spiro atoms. The number of primary amides is 2. The number of imide groups is 1. The number of ether oxygens (including phenoxy) is 1. The molecule has 0 aliphatic carbocycles. The molecule has 3 aromatic rings. The monoisotopic (exact) mass is 1120 g/mol. The van der Waals surface area contributed by atoms with Crippen molar-refractivity contribution in [1.29, 1.82) is 0 Å². The van der Waals surface area contributed by atoms with Crippen molar-refractivity contribution in [2.24, 2.45) is 22.6 Å². The quantitative estimate of drug-likeness (QED) is 0.0254. The standard InChI is InChI=1S/C49H58F5N9O14S/c1-48(2,3)43(36-21-29(31-22-30(50)9-10-32(31)51)25-60(36)24-28-7-5-4-6-8-28)62(42(70)27-64)17-15-33(55)44(71)58-16-19-78(75,76)20-18-61(35(11-12-37(56)65)46(73)77-47(74)49(52,53)54)45(72)34(23-38(57)66)59-39(67)26-63-40(68)13-14-41(63)69/h4-10,13-14,21-22,25,33-35,43,64H,11-12,15-20,23-24,26-27,55H2,1-3H3,(H2,56,65)(H2,57,66)(H,58,71)(H,59,67)/t33-,34+,35+,43-/m0/s1. The zero-order chi connectivity index (χ0) is 58.4. The molecule has 1 aliphatic rings. The fraction of sp³-hybridized carbons (Fsp3) is 0.429. The molecule has 8 amide bonds. The van der Waals surface area contributed by atoms with E-state index < -0.39 is 173 Å². The number of halogens is 5.